The number of halogens is 1. The molecule has 2 atom stereocenters. The zero-order chi connectivity index (χ0) is 20.1. The van der Waals surface area contributed by atoms with E-state index in [0.29, 0.717) is 17.0 Å². The molecule has 0 fully saturated rings. The second-order valence-electron chi connectivity index (χ2n) is 6.90. The second-order valence-corrected chi connectivity index (χ2v) is 6.90. The van der Waals surface area contributed by atoms with Crippen molar-refractivity contribution >= 4 is 23.3 Å². The monoisotopic (exact) mass is 382 g/mol. The topological polar surface area (TPSA) is 82.2 Å². The smallest absolute Gasteiger partial charge is 0.290 e. The Morgan fingerprint density at radius 3 is 2.79 bits per heavy atom. The van der Waals surface area contributed by atoms with Crippen LogP contribution in [0.3, 0.4) is 0 Å². The average molecular weight is 382 g/mol. The first kappa shape index (κ1) is 19.6. The molecule has 146 valence electrons. The number of aromatic amines is 1. The maximum atomic E-state index is 13.3. The minimum Gasteiger partial charge on any atom is -0.483 e. The normalized spacial score (nSPS) is 17.5. The highest BCUT2D eigenvalue weighted by atomic mass is 19.1. The Kier molecular flexibility index (Phi) is 6.09. The van der Waals surface area contributed by atoms with Gasteiger partial charge in [-0.1, -0.05) is 37.6 Å². The highest BCUT2D eigenvalue weighted by molar-refractivity contribution is 5.98. The first-order valence-electron chi connectivity index (χ1n) is 9.32. The lowest BCUT2D eigenvalue weighted by molar-refractivity contribution is -0.122. The minimum absolute atomic E-state index is 0.105. The van der Waals surface area contributed by atoms with Crippen LogP contribution in [0, 0.1) is 5.82 Å². The first-order chi connectivity index (χ1) is 13.6. The van der Waals surface area contributed by atoms with Crippen LogP contribution in [-0.2, 0) is 11.2 Å². The fourth-order valence-electron chi connectivity index (χ4n) is 3.97. The van der Waals surface area contributed by atoms with Gasteiger partial charge in [-0.3, -0.25) is 9.59 Å². The van der Waals surface area contributed by atoms with Gasteiger partial charge in [0, 0.05) is 22.9 Å². The molecule has 28 heavy (non-hydrogen) atoms. The SMILES string of the molecule is CCC[C@@H]1c2ccccc2CC1NC(=O)c1cc2cc(F)ccc2[nH]1.O=CO. The van der Waals surface area contributed by atoms with E-state index in [-0.39, 0.29) is 24.2 Å². The van der Waals surface area contributed by atoms with Crippen molar-refractivity contribution in [3.05, 3.63) is 71.2 Å². The Hall–Kier alpha value is -3.15. The van der Waals surface area contributed by atoms with Gasteiger partial charge in [-0.15, -0.1) is 0 Å². The molecule has 2 aromatic carbocycles. The minimum atomic E-state index is -0.298. The summed E-state index contributed by atoms with van der Waals surface area (Å²) in [5.41, 5.74) is 3.93. The molecule has 6 heteroatoms. The third-order valence-electron chi connectivity index (χ3n) is 5.12. The number of benzene rings is 2. The molecule has 1 aliphatic carbocycles. The Labute approximate surface area is 162 Å². The maximum Gasteiger partial charge on any atom is 0.290 e. The second kappa shape index (κ2) is 8.69. The average Bonchev–Trinajstić information content (AvgIpc) is 3.24. The first-order valence-corrected chi connectivity index (χ1v) is 9.32. The van der Waals surface area contributed by atoms with Gasteiger partial charge in [0.1, 0.15) is 11.5 Å². The molecule has 0 aliphatic heterocycles. The molecular weight excluding hydrogens is 359 g/mol. The molecule has 0 radical (unpaired) electrons. The van der Waals surface area contributed by atoms with Crippen molar-refractivity contribution in [1.29, 1.82) is 0 Å². The number of H-pyrrole nitrogens is 1. The highest BCUT2D eigenvalue weighted by Crippen LogP contribution is 2.36. The van der Waals surface area contributed by atoms with E-state index in [4.69, 9.17) is 9.90 Å². The predicted octanol–water partition coefficient (Wildman–Crippen LogP) is 4.25. The number of nitrogens with one attached hydrogen (secondary N) is 2. The van der Waals surface area contributed by atoms with E-state index in [9.17, 15) is 9.18 Å². The van der Waals surface area contributed by atoms with Gasteiger partial charge in [0.2, 0.25) is 0 Å². The number of hydrogen-bond donors (Lipinski definition) is 3. The van der Waals surface area contributed by atoms with Crippen molar-refractivity contribution in [1.82, 2.24) is 10.3 Å². The summed E-state index contributed by atoms with van der Waals surface area (Å²) in [4.78, 5) is 24.2. The van der Waals surface area contributed by atoms with Crippen LogP contribution >= 0.6 is 0 Å². The van der Waals surface area contributed by atoms with Crippen LogP contribution in [0.2, 0.25) is 0 Å². The number of carbonyl (C=O) groups excluding carboxylic acids is 1. The van der Waals surface area contributed by atoms with Crippen molar-refractivity contribution in [3.63, 3.8) is 0 Å². The summed E-state index contributed by atoms with van der Waals surface area (Å²) in [5.74, 6) is -0.0739. The molecular formula is C22H23FN2O3. The molecule has 3 aromatic rings. The predicted molar refractivity (Wildman–Crippen MR) is 106 cm³/mol. The number of aromatic nitrogens is 1. The molecule has 5 nitrogen and oxygen atoms in total. The summed E-state index contributed by atoms with van der Waals surface area (Å²) >= 11 is 0. The summed E-state index contributed by atoms with van der Waals surface area (Å²) in [6, 6.07) is 14.8. The molecule has 1 unspecified atom stereocenters. The molecule has 0 saturated heterocycles. The van der Waals surface area contributed by atoms with Gasteiger partial charge in [-0.25, -0.2) is 4.39 Å². The number of carbonyl (C=O) groups is 2. The van der Waals surface area contributed by atoms with Gasteiger partial charge in [0.25, 0.3) is 12.4 Å². The van der Waals surface area contributed by atoms with Crippen LogP contribution in [-0.4, -0.2) is 28.5 Å². The molecule has 0 spiro atoms. The number of carboxylic acid groups (broad SMARTS) is 1. The number of rotatable bonds is 4. The molecule has 1 amide bonds. The van der Waals surface area contributed by atoms with Crippen molar-refractivity contribution in [2.45, 2.75) is 38.1 Å². The van der Waals surface area contributed by atoms with Gasteiger partial charge in [0.15, 0.2) is 0 Å². The summed E-state index contributed by atoms with van der Waals surface area (Å²) in [6.45, 7) is 1.92. The van der Waals surface area contributed by atoms with Gasteiger partial charge in [0.05, 0.1) is 0 Å². The number of amides is 1. The fraction of sp³-hybridized carbons (Fsp3) is 0.273. The lowest BCUT2D eigenvalue weighted by atomic mass is 9.93. The van der Waals surface area contributed by atoms with Gasteiger partial charge in [-0.05, 0) is 48.2 Å². The summed E-state index contributed by atoms with van der Waals surface area (Å²) in [5, 5.41) is 10.8. The van der Waals surface area contributed by atoms with Gasteiger partial charge >= 0.3 is 0 Å². The fourth-order valence-corrected chi connectivity index (χ4v) is 3.97. The molecule has 0 saturated carbocycles. The van der Waals surface area contributed by atoms with Crippen molar-refractivity contribution in [2.24, 2.45) is 0 Å². The summed E-state index contributed by atoms with van der Waals surface area (Å²) in [7, 11) is 0. The van der Waals surface area contributed by atoms with Crippen LogP contribution in [0.4, 0.5) is 4.39 Å². The number of fused-ring (bicyclic) bond motifs is 2. The molecule has 3 N–H and O–H groups in total. The largest absolute Gasteiger partial charge is 0.483 e. The van der Waals surface area contributed by atoms with Gasteiger partial charge < -0.3 is 15.4 Å². The zero-order valence-corrected chi connectivity index (χ0v) is 15.6. The van der Waals surface area contributed by atoms with Crippen LogP contribution in [0.15, 0.2) is 48.5 Å². The van der Waals surface area contributed by atoms with Crippen LogP contribution in [0.25, 0.3) is 10.9 Å². The molecule has 1 aliphatic rings. The Balaban J connectivity index is 0.000000706. The molecule has 4 rings (SSSR count). The quantitative estimate of drug-likeness (QED) is 0.590. The third kappa shape index (κ3) is 4.06. The number of hydrogen-bond acceptors (Lipinski definition) is 2. The lowest BCUT2D eigenvalue weighted by Gasteiger charge is -2.21. The Morgan fingerprint density at radius 1 is 1.29 bits per heavy atom. The van der Waals surface area contributed by atoms with E-state index in [1.807, 2.05) is 0 Å². The van der Waals surface area contributed by atoms with Crippen molar-refractivity contribution in [3.8, 4) is 0 Å². The van der Waals surface area contributed by atoms with Crippen LogP contribution in [0.5, 0.6) is 0 Å². The van der Waals surface area contributed by atoms with E-state index in [2.05, 4.69) is 41.5 Å². The zero-order valence-electron chi connectivity index (χ0n) is 15.6. The van der Waals surface area contributed by atoms with Crippen LogP contribution in [0.1, 0.15) is 47.3 Å². The summed E-state index contributed by atoms with van der Waals surface area (Å²) < 4.78 is 13.3. The molecule has 0 bridgehead atoms. The summed E-state index contributed by atoms with van der Waals surface area (Å²) in [6.07, 6.45) is 3.00. The van der Waals surface area contributed by atoms with E-state index in [0.717, 1.165) is 24.8 Å². The van der Waals surface area contributed by atoms with Crippen LogP contribution < -0.4 is 5.32 Å². The maximum absolute atomic E-state index is 13.3. The lowest BCUT2D eigenvalue weighted by Crippen LogP contribution is -2.38. The highest BCUT2D eigenvalue weighted by Gasteiger charge is 2.32. The van der Waals surface area contributed by atoms with E-state index in [1.165, 1.54) is 23.3 Å². The van der Waals surface area contributed by atoms with Crippen molar-refractivity contribution < 1.29 is 19.1 Å². The molecule has 1 heterocycles. The van der Waals surface area contributed by atoms with E-state index >= 15 is 0 Å². The van der Waals surface area contributed by atoms with Crippen molar-refractivity contribution in [2.75, 3.05) is 0 Å². The van der Waals surface area contributed by atoms with Gasteiger partial charge in [-0.2, -0.15) is 0 Å². The molecule has 1 aromatic heterocycles. The standard InChI is InChI=1S/C21H21FN2O.CH2O2/c1-2-5-17-16-7-4-3-6-13(16)11-19(17)24-21(25)20-12-14-10-15(22)8-9-18(14)23-20;2-1-3/h3-4,6-10,12,17,19,23H,2,5,11H2,1H3,(H,24,25);1H,(H,2,3)/t17-,19?;/m1./s1. The van der Waals surface area contributed by atoms with E-state index < -0.39 is 0 Å². The Bertz CT molecular complexity index is 983. The third-order valence-corrected chi connectivity index (χ3v) is 5.12. The van der Waals surface area contributed by atoms with E-state index in [1.54, 1.807) is 12.1 Å². The Morgan fingerprint density at radius 2 is 2.04 bits per heavy atom.